The van der Waals surface area contributed by atoms with Gasteiger partial charge in [-0.05, 0) is 61.4 Å². The summed E-state index contributed by atoms with van der Waals surface area (Å²) in [6.07, 6.45) is 1.90. The Morgan fingerprint density at radius 2 is 1.17 bits per heavy atom. The van der Waals surface area contributed by atoms with Gasteiger partial charge in [-0.25, -0.2) is 4.79 Å². The van der Waals surface area contributed by atoms with Gasteiger partial charge in [-0.1, -0.05) is 13.8 Å². The largest absolute Gasteiger partial charge is 0.494 e. The van der Waals surface area contributed by atoms with Crippen molar-refractivity contribution in [2.24, 2.45) is 0 Å². The topological polar surface area (TPSA) is 44.8 Å². The van der Waals surface area contributed by atoms with Crippen LogP contribution in [0.1, 0.15) is 37.0 Å². The van der Waals surface area contributed by atoms with E-state index in [0.717, 1.165) is 24.3 Å². The number of hydrogen-bond donors (Lipinski definition) is 0. The van der Waals surface area contributed by atoms with Gasteiger partial charge in [-0.2, -0.15) is 0 Å². The second-order valence-corrected chi connectivity index (χ2v) is 5.08. The SMILES string of the molecule is CCCOc1ccc(OC(=O)c2ccc(OCCC)cc2)cc1. The predicted molar refractivity (Wildman–Crippen MR) is 89.4 cm³/mol. The van der Waals surface area contributed by atoms with Gasteiger partial charge in [-0.3, -0.25) is 0 Å². The Bertz CT molecular complexity index is 602. The zero-order chi connectivity index (χ0) is 16.5. The molecular weight excluding hydrogens is 292 g/mol. The highest BCUT2D eigenvalue weighted by atomic mass is 16.5. The van der Waals surface area contributed by atoms with Gasteiger partial charge in [0.15, 0.2) is 0 Å². The molecule has 0 atom stereocenters. The van der Waals surface area contributed by atoms with Crippen LogP contribution in [-0.2, 0) is 0 Å². The molecule has 0 radical (unpaired) electrons. The van der Waals surface area contributed by atoms with Crippen molar-refractivity contribution in [1.82, 2.24) is 0 Å². The summed E-state index contributed by atoms with van der Waals surface area (Å²) in [4.78, 5) is 12.1. The van der Waals surface area contributed by atoms with Crippen LogP contribution in [0.3, 0.4) is 0 Å². The van der Waals surface area contributed by atoms with E-state index in [1.807, 2.05) is 6.92 Å². The summed E-state index contributed by atoms with van der Waals surface area (Å²) in [5.41, 5.74) is 0.486. The lowest BCUT2D eigenvalue weighted by atomic mass is 10.2. The summed E-state index contributed by atoms with van der Waals surface area (Å²) in [5.74, 6) is 1.62. The van der Waals surface area contributed by atoms with Gasteiger partial charge >= 0.3 is 5.97 Å². The maximum Gasteiger partial charge on any atom is 0.343 e. The van der Waals surface area contributed by atoms with Gasteiger partial charge in [0.05, 0.1) is 18.8 Å². The first kappa shape index (κ1) is 16.9. The van der Waals surface area contributed by atoms with Crippen molar-refractivity contribution in [3.8, 4) is 17.2 Å². The first-order valence-corrected chi connectivity index (χ1v) is 7.90. The fourth-order valence-corrected chi connectivity index (χ4v) is 1.90. The van der Waals surface area contributed by atoms with Crippen molar-refractivity contribution in [2.75, 3.05) is 13.2 Å². The zero-order valence-electron chi connectivity index (χ0n) is 13.6. The molecule has 0 saturated heterocycles. The minimum Gasteiger partial charge on any atom is -0.494 e. The van der Waals surface area contributed by atoms with Gasteiger partial charge in [0.25, 0.3) is 0 Å². The number of esters is 1. The highest BCUT2D eigenvalue weighted by molar-refractivity contribution is 5.91. The summed E-state index contributed by atoms with van der Waals surface area (Å²) in [6, 6.07) is 14.0. The van der Waals surface area contributed by atoms with E-state index >= 15 is 0 Å². The zero-order valence-corrected chi connectivity index (χ0v) is 13.6. The molecule has 0 amide bonds. The van der Waals surface area contributed by atoms with E-state index in [4.69, 9.17) is 14.2 Å². The quantitative estimate of drug-likeness (QED) is 0.532. The molecular formula is C19H22O4. The fourth-order valence-electron chi connectivity index (χ4n) is 1.90. The van der Waals surface area contributed by atoms with E-state index < -0.39 is 5.97 Å². The first-order chi connectivity index (χ1) is 11.2. The minimum atomic E-state index is -0.394. The molecule has 2 aromatic rings. The predicted octanol–water partition coefficient (Wildman–Crippen LogP) is 4.48. The van der Waals surface area contributed by atoms with Crippen LogP contribution < -0.4 is 14.2 Å². The van der Waals surface area contributed by atoms with Crippen LogP contribution in [0, 0.1) is 0 Å². The molecule has 0 aliphatic rings. The molecule has 0 aromatic heterocycles. The van der Waals surface area contributed by atoms with Crippen LogP contribution in [0.2, 0.25) is 0 Å². The van der Waals surface area contributed by atoms with Crippen LogP contribution in [0.5, 0.6) is 17.2 Å². The third kappa shape index (κ3) is 5.33. The fraction of sp³-hybridized carbons (Fsp3) is 0.316. The number of benzene rings is 2. The van der Waals surface area contributed by atoms with Crippen molar-refractivity contribution in [3.63, 3.8) is 0 Å². The van der Waals surface area contributed by atoms with E-state index in [1.165, 1.54) is 0 Å². The lowest BCUT2D eigenvalue weighted by Gasteiger charge is -2.08. The third-order valence-electron chi connectivity index (χ3n) is 3.07. The van der Waals surface area contributed by atoms with Crippen molar-refractivity contribution in [3.05, 3.63) is 54.1 Å². The molecule has 0 bridgehead atoms. The highest BCUT2D eigenvalue weighted by Gasteiger charge is 2.09. The minimum absolute atomic E-state index is 0.394. The molecule has 0 unspecified atom stereocenters. The summed E-state index contributed by atoms with van der Waals surface area (Å²) >= 11 is 0. The lowest BCUT2D eigenvalue weighted by Crippen LogP contribution is -2.08. The van der Waals surface area contributed by atoms with Gasteiger partial charge in [0, 0.05) is 0 Å². The van der Waals surface area contributed by atoms with Crippen molar-refractivity contribution in [1.29, 1.82) is 0 Å². The summed E-state index contributed by atoms with van der Waals surface area (Å²) in [5, 5.41) is 0. The first-order valence-electron chi connectivity index (χ1n) is 7.90. The van der Waals surface area contributed by atoms with Crippen LogP contribution in [0.15, 0.2) is 48.5 Å². The van der Waals surface area contributed by atoms with Crippen LogP contribution in [0.4, 0.5) is 0 Å². The Kier molecular flexibility index (Phi) is 6.48. The number of hydrogen-bond acceptors (Lipinski definition) is 4. The smallest absolute Gasteiger partial charge is 0.343 e. The molecule has 0 aliphatic carbocycles. The molecule has 122 valence electrons. The van der Waals surface area contributed by atoms with Crippen molar-refractivity contribution < 1.29 is 19.0 Å². The maximum absolute atomic E-state index is 12.1. The number of carbonyl (C=O) groups is 1. The average Bonchev–Trinajstić information content (AvgIpc) is 2.59. The average molecular weight is 314 g/mol. The van der Waals surface area contributed by atoms with Crippen LogP contribution in [-0.4, -0.2) is 19.2 Å². The Morgan fingerprint density at radius 3 is 1.65 bits per heavy atom. The lowest BCUT2D eigenvalue weighted by molar-refractivity contribution is 0.0734. The molecule has 0 saturated carbocycles. The van der Waals surface area contributed by atoms with Gasteiger partial charge in [0.2, 0.25) is 0 Å². The molecule has 2 aromatic carbocycles. The monoisotopic (exact) mass is 314 g/mol. The number of ether oxygens (including phenoxy) is 3. The molecule has 4 heteroatoms. The van der Waals surface area contributed by atoms with E-state index in [2.05, 4.69) is 6.92 Å². The van der Waals surface area contributed by atoms with E-state index in [1.54, 1.807) is 48.5 Å². The normalized spacial score (nSPS) is 10.2. The summed E-state index contributed by atoms with van der Waals surface area (Å²) in [6.45, 7) is 5.43. The molecule has 0 heterocycles. The molecule has 0 aliphatic heterocycles. The van der Waals surface area contributed by atoms with E-state index in [9.17, 15) is 4.79 Å². The van der Waals surface area contributed by atoms with Gasteiger partial charge < -0.3 is 14.2 Å². The second-order valence-electron chi connectivity index (χ2n) is 5.08. The number of carbonyl (C=O) groups excluding carboxylic acids is 1. The van der Waals surface area contributed by atoms with Crippen molar-refractivity contribution >= 4 is 5.97 Å². The maximum atomic E-state index is 12.1. The van der Waals surface area contributed by atoms with Crippen molar-refractivity contribution in [2.45, 2.75) is 26.7 Å². The van der Waals surface area contributed by atoms with E-state index in [0.29, 0.717) is 24.5 Å². The van der Waals surface area contributed by atoms with Gasteiger partial charge in [0.1, 0.15) is 17.2 Å². The Hall–Kier alpha value is -2.49. The molecule has 23 heavy (non-hydrogen) atoms. The standard InChI is InChI=1S/C19H22O4/c1-3-13-21-16-7-5-15(6-8-16)19(20)23-18-11-9-17(10-12-18)22-14-4-2/h5-12H,3-4,13-14H2,1-2H3. The summed E-state index contributed by atoms with van der Waals surface area (Å²) in [7, 11) is 0. The number of rotatable bonds is 8. The van der Waals surface area contributed by atoms with E-state index in [-0.39, 0.29) is 0 Å². The molecule has 0 spiro atoms. The Balaban J connectivity index is 1.93. The summed E-state index contributed by atoms with van der Waals surface area (Å²) < 4.78 is 16.3. The van der Waals surface area contributed by atoms with Crippen LogP contribution in [0.25, 0.3) is 0 Å². The molecule has 2 rings (SSSR count). The highest BCUT2D eigenvalue weighted by Crippen LogP contribution is 2.19. The van der Waals surface area contributed by atoms with Crippen LogP contribution >= 0.6 is 0 Å². The molecule has 0 N–H and O–H groups in total. The van der Waals surface area contributed by atoms with Gasteiger partial charge in [-0.15, -0.1) is 0 Å². The third-order valence-corrected chi connectivity index (χ3v) is 3.07. The molecule has 4 nitrogen and oxygen atoms in total. The molecule has 0 fully saturated rings. The Morgan fingerprint density at radius 1 is 0.739 bits per heavy atom. The Labute approximate surface area is 137 Å². The second kappa shape index (κ2) is 8.83.